The Labute approximate surface area is 118 Å². The molecule has 0 fully saturated rings. The zero-order valence-corrected chi connectivity index (χ0v) is 12.1. The lowest BCUT2D eigenvalue weighted by Crippen LogP contribution is -2.78. The first-order valence-corrected chi connectivity index (χ1v) is 6.75. The van der Waals surface area contributed by atoms with E-state index >= 15 is 0 Å². The Morgan fingerprint density at radius 3 is 2.45 bits per heavy atom. The average molecular weight is 288 g/mol. The summed E-state index contributed by atoms with van der Waals surface area (Å²) in [7, 11) is 0. The maximum Gasteiger partial charge on any atom is 0.338 e. The molecule has 0 aliphatic rings. The van der Waals surface area contributed by atoms with Gasteiger partial charge in [0.15, 0.2) is 6.04 Å². The summed E-state index contributed by atoms with van der Waals surface area (Å²) in [4.78, 5) is 25.6. The van der Waals surface area contributed by atoms with Crippen molar-refractivity contribution in [1.29, 1.82) is 0 Å². The highest BCUT2D eigenvalue weighted by atomic mass is 16.4. The molecule has 0 heterocycles. The second-order valence-electron chi connectivity index (χ2n) is 4.91. The fraction of sp³-hybridized carbons (Fsp3) is 0.750. The molecule has 9 N–H and O–H groups in total. The smallest absolute Gasteiger partial charge is 0.338 e. The molecule has 20 heavy (non-hydrogen) atoms. The van der Waals surface area contributed by atoms with Crippen molar-refractivity contribution >= 4 is 17.8 Å². The van der Waals surface area contributed by atoms with Crippen molar-refractivity contribution < 1.29 is 25.4 Å². The summed E-state index contributed by atoms with van der Waals surface area (Å²) < 4.78 is 0. The van der Waals surface area contributed by atoms with Gasteiger partial charge in [0, 0.05) is 6.42 Å². The van der Waals surface area contributed by atoms with Crippen molar-refractivity contribution in [2.45, 2.75) is 45.2 Å². The van der Waals surface area contributed by atoms with Crippen LogP contribution < -0.4 is 32.6 Å². The summed E-state index contributed by atoms with van der Waals surface area (Å²) in [5, 5.41) is 13.5. The highest BCUT2D eigenvalue weighted by Crippen LogP contribution is 2.07. The second kappa shape index (κ2) is 9.13. The van der Waals surface area contributed by atoms with Gasteiger partial charge in [-0.3, -0.25) is 21.3 Å². The molecule has 0 aromatic rings. The van der Waals surface area contributed by atoms with Crippen molar-refractivity contribution in [3.63, 3.8) is 0 Å². The van der Waals surface area contributed by atoms with E-state index in [1.165, 1.54) is 0 Å². The van der Waals surface area contributed by atoms with Crippen molar-refractivity contribution in [1.82, 2.24) is 5.32 Å². The van der Waals surface area contributed by atoms with E-state index in [9.17, 15) is 14.7 Å². The standard InChI is InChI=1S/C12H25N5O3/c1-3-7(2)9(11(19)20)17-10(18)8(13)5-4-6-16-12(14)15/h7-9H,3-6,13H2,1-2H3,(H,17,18)(H,19,20)(H4,14,15,16)/p+1/t7-,8-,9-/m0/s1. The number of hydrogen-bond donors (Lipinski definition) is 5. The maximum atomic E-state index is 11.9. The molecule has 8 heteroatoms. The lowest BCUT2D eigenvalue weighted by atomic mass is 9.98. The second-order valence-corrected chi connectivity index (χ2v) is 4.91. The highest BCUT2D eigenvalue weighted by Gasteiger charge is 2.24. The van der Waals surface area contributed by atoms with E-state index in [2.05, 4.69) is 16.0 Å². The van der Waals surface area contributed by atoms with Crippen molar-refractivity contribution in [2.24, 2.45) is 17.4 Å². The Morgan fingerprint density at radius 1 is 1.40 bits per heavy atom. The molecule has 0 bridgehead atoms. The number of carboxylic acids is 1. The fourth-order valence-corrected chi connectivity index (χ4v) is 1.65. The molecular formula is C12H26N5O3+. The van der Waals surface area contributed by atoms with E-state index in [0.29, 0.717) is 25.8 Å². The third kappa shape index (κ3) is 6.93. The minimum Gasteiger partial charge on any atom is -0.548 e. The Bertz CT molecular complexity index is 355. The molecule has 0 aliphatic carbocycles. The molecule has 3 atom stereocenters. The van der Waals surface area contributed by atoms with Gasteiger partial charge in [-0.25, -0.2) is 0 Å². The Hall–Kier alpha value is -1.83. The van der Waals surface area contributed by atoms with Gasteiger partial charge in [-0.15, -0.1) is 0 Å². The van der Waals surface area contributed by atoms with Crippen LogP contribution in [0.15, 0.2) is 0 Å². The zero-order valence-electron chi connectivity index (χ0n) is 12.1. The van der Waals surface area contributed by atoms with Crippen LogP contribution in [0.4, 0.5) is 0 Å². The number of carbonyl (C=O) groups excluding carboxylic acids is 2. The van der Waals surface area contributed by atoms with Gasteiger partial charge in [-0.2, -0.15) is 0 Å². The first kappa shape index (κ1) is 18.2. The summed E-state index contributed by atoms with van der Waals surface area (Å²) in [5.74, 6) is -1.72. The van der Waals surface area contributed by atoms with E-state index in [-0.39, 0.29) is 17.8 Å². The molecule has 0 spiro atoms. The molecule has 0 radical (unpaired) electrons. The van der Waals surface area contributed by atoms with Crippen molar-refractivity contribution in [3.8, 4) is 0 Å². The quantitative estimate of drug-likeness (QED) is 0.163. The van der Waals surface area contributed by atoms with Crippen LogP contribution in [-0.2, 0) is 9.59 Å². The van der Waals surface area contributed by atoms with E-state index < -0.39 is 18.1 Å². The van der Waals surface area contributed by atoms with Gasteiger partial charge >= 0.3 is 5.96 Å². The molecule has 116 valence electrons. The van der Waals surface area contributed by atoms with Gasteiger partial charge in [0.05, 0.1) is 18.6 Å². The molecule has 0 aromatic heterocycles. The molecule has 0 saturated carbocycles. The normalized spacial score (nSPS) is 14.9. The van der Waals surface area contributed by atoms with E-state index in [0.717, 1.165) is 0 Å². The van der Waals surface area contributed by atoms with Crippen LogP contribution in [0.25, 0.3) is 0 Å². The largest absolute Gasteiger partial charge is 0.548 e. The van der Waals surface area contributed by atoms with Crippen LogP contribution in [0.3, 0.4) is 0 Å². The van der Waals surface area contributed by atoms with E-state index in [4.69, 9.17) is 11.5 Å². The fourth-order valence-electron chi connectivity index (χ4n) is 1.65. The van der Waals surface area contributed by atoms with Gasteiger partial charge in [0.2, 0.25) is 0 Å². The predicted molar refractivity (Wildman–Crippen MR) is 71.5 cm³/mol. The summed E-state index contributed by atoms with van der Waals surface area (Å²) in [5.41, 5.74) is 14.2. The number of amides is 1. The number of guanidine groups is 1. The first-order chi connectivity index (χ1) is 9.29. The topological polar surface area (TPSA) is 163 Å². The molecule has 0 rings (SSSR count). The van der Waals surface area contributed by atoms with Crippen LogP contribution in [-0.4, -0.2) is 36.5 Å². The Morgan fingerprint density at radius 2 is 2.00 bits per heavy atom. The Kier molecular flexibility index (Phi) is 8.30. The van der Waals surface area contributed by atoms with Crippen LogP contribution in [0.1, 0.15) is 33.1 Å². The molecule has 8 nitrogen and oxygen atoms in total. The van der Waals surface area contributed by atoms with Crippen molar-refractivity contribution in [3.05, 3.63) is 0 Å². The number of rotatable bonds is 9. The minimum atomic E-state index is -1.27. The van der Waals surface area contributed by atoms with Gasteiger partial charge in [-0.05, 0) is 12.3 Å². The number of nitrogens with one attached hydrogen (secondary N) is 2. The molecule has 1 amide bonds. The maximum absolute atomic E-state index is 11.9. The predicted octanol–water partition coefficient (Wildman–Crippen LogP) is -4.99. The minimum absolute atomic E-state index is 0.129. The lowest BCUT2D eigenvalue weighted by molar-refractivity contribution is -0.463. The average Bonchev–Trinajstić information content (AvgIpc) is 2.38. The van der Waals surface area contributed by atoms with Gasteiger partial charge in [0.1, 0.15) is 0 Å². The molecule has 0 unspecified atom stereocenters. The molecule has 0 saturated heterocycles. The van der Waals surface area contributed by atoms with Crippen LogP contribution >= 0.6 is 0 Å². The zero-order chi connectivity index (χ0) is 15.7. The monoisotopic (exact) mass is 288 g/mol. The molecule has 0 aliphatic heterocycles. The third-order valence-electron chi connectivity index (χ3n) is 3.19. The van der Waals surface area contributed by atoms with E-state index in [1.54, 1.807) is 6.92 Å². The van der Waals surface area contributed by atoms with Gasteiger partial charge in [0.25, 0.3) is 5.91 Å². The van der Waals surface area contributed by atoms with Gasteiger partial charge in [-0.1, -0.05) is 20.3 Å². The van der Waals surface area contributed by atoms with E-state index in [1.807, 2.05) is 6.92 Å². The van der Waals surface area contributed by atoms with Gasteiger partial charge < -0.3 is 21.0 Å². The summed E-state index contributed by atoms with van der Waals surface area (Å²) in [6, 6.07) is -1.51. The Balaban J connectivity index is 4.29. The SMILES string of the molecule is CC[C@H](C)[C@H](NC(=O)[C@@H]([NH3+])CCC[NH+]=C(N)N)C(=O)[O-]. The number of carbonyl (C=O) groups is 2. The van der Waals surface area contributed by atoms with Crippen molar-refractivity contribution in [2.75, 3.05) is 6.54 Å². The number of hydrogen-bond acceptors (Lipinski definition) is 3. The lowest BCUT2D eigenvalue weighted by Gasteiger charge is -2.25. The molecule has 0 aromatic carbocycles. The van der Waals surface area contributed by atoms with Crippen LogP contribution in [0.5, 0.6) is 0 Å². The summed E-state index contributed by atoms with van der Waals surface area (Å²) in [6.45, 7) is 4.15. The number of nitrogens with two attached hydrogens (primary N) is 2. The number of quaternary nitrogens is 1. The third-order valence-corrected chi connectivity index (χ3v) is 3.19. The first-order valence-electron chi connectivity index (χ1n) is 6.75. The number of carboxylic acid groups (broad SMARTS) is 1. The molecular weight excluding hydrogens is 262 g/mol. The summed E-state index contributed by atoms with van der Waals surface area (Å²) >= 11 is 0. The van der Waals surface area contributed by atoms with Crippen LogP contribution in [0, 0.1) is 5.92 Å². The summed E-state index contributed by atoms with van der Waals surface area (Å²) in [6.07, 6.45) is 1.79. The number of aliphatic carboxylic acids is 1. The van der Waals surface area contributed by atoms with Crippen LogP contribution in [0.2, 0.25) is 0 Å². The highest BCUT2D eigenvalue weighted by molar-refractivity contribution is 5.85.